The zero-order valence-electron chi connectivity index (χ0n) is 26.4. The van der Waals surface area contributed by atoms with Crippen molar-refractivity contribution in [2.45, 2.75) is 63.9 Å². The molecule has 1 spiro atoms. The Hall–Kier alpha value is -3.49. The van der Waals surface area contributed by atoms with E-state index in [1.54, 1.807) is 21.0 Å². The summed E-state index contributed by atoms with van der Waals surface area (Å²) in [6.45, 7) is 8.85. The number of nitrogens with zero attached hydrogens (tertiary/aromatic N) is 5. The molecule has 250 valence electrons. The van der Waals surface area contributed by atoms with Crippen LogP contribution in [0, 0.1) is 18.7 Å². The molecule has 2 fully saturated rings. The first kappa shape index (κ1) is 32.5. The maximum atomic E-state index is 15.1. The van der Waals surface area contributed by atoms with Crippen molar-refractivity contribution in [3.8, 4) is 0 Å². The molecule has 1 aromatic carbocycles. The number of piperidine rings is 2. The third-order valence-corrected chi connectivity index (χ3v) is 9.70. The molecule has 0 aliphatic carbocycles. The first-order valence-electron chi connectivity index (χ1n) is 15.9. The van der Waals surface area contributed by atoms with Gasteiger partial charge >= 0.3 is 6.18 Å². The molecule has 2 saturated heterocycles. The Kier molecular flexibility index (Phi) is 8.89. The van der Waals surface area contributed by atoms with Gasteiger partial charge in [-0.3, -0.25) is 4.79 Å². The number of carbonyl (C=O) groups is 1. The SMILES string of the molecule is COCCN1CCC(C(=O)N2CCC3(CC2)OCCn2c3cc3c(N[C@H](C)c4cc(N)cc(C(F)(F)F)c4F)nc(C)nc32)CC1. The minimum absolute atomic E-state index is 0.0254. The summed E-state index contributed by atoms with van der Waals surface area (Å²) in [5.74, 6) is -0.294. The minimum Gasteiger partial charge on any atom is -0.399 e. The third-order valence-electron chi connectivity index (χ3n) is 9.70. The van der Waals surface area contributed by atoms with E-state index in [0.29, 0.717) is 74.4 Å². The van der Waals surface area contributed by atoms with Gasteiger partial charge in [-0.05, 0) is 70.8 Å². The number of amides is 1. The van der Waals surface area contributed by atoms with Crippen LogP contribution in [0.25, 0.3) is 11.0 Å². The van der Waals surface area contributed by atoms with Crippen molar-refractivity contribution in [2.24, 2.45) is 5.92 Å². The van der Waals surface area contributed by atoms with Crippen molar-refractivity contribution >= 4 is 28.4 Å². The highest BCUT2D eigenvalue weighted by atomic mass is 19.4. The van der Waals surface area contributed by atoms with Gasteiger partial charge in [0.2, 0.25) is 5.91 Å². The van der Waals surface area contributed by atoms with Gasteiger partial charge in [-0.1, -0.05) is 0 Å². The number of nitrogens with one attached hydrogen (secondary N) is 1. The molecule has 5 heterocycles. The second kappa shape index (κ2) is 12.6. The molecule has 46 heavy (non-hydrogen) atoms. The Morgan fingerprint density at radius 2 is 1.87 bits per heavy atom. The zero-order valence-corrected chi connectivity index (χ0v) is 26.4. The average Bonchev–Trinajstić information content (AvgIpc) is 3.41. The smallest absolute Gasteiger partial charge is 0.399 e. The molecule has 3 aliphatic heterocycles. The Labute approximate surface area is 265 Å². The summed E-state index contributed by atoms with van der Waals surface area (Å²) >= 11 is 0. The molecule has 0 unspecified atom stereocenters. The lowest BCUT2D eigenvalue weighted by Crippen LogP contribution is -2.51. The molecule has 1 atom stereocenters. The van der Waals surface area contributed by atoms with E-state index in [1.807, 2.05) is 11.0 Å². The fraction of sp³-hybridized carbons (Fsp3) is 0.594. The highest BCUT2D eigenvalue weighted by Gasteiger charge is 2.44. The highest BCUT2D eigenvalue weighted by molar-refractivity contribution is 5.89. The molecule has 3 N–H and O–H groups in total. The molecule has 14 heteroatoms. The topological polar surface area (TPSA) is 111 Å². The van der Waals surface area contributed by atoms with E-state index in [1.165, 1.54) is 6.07 Å². The molecular formula is C32H41F4N7O3. The van der Waals surface area contributed by atoms with Crippen molar-refractivity contribution in [1.82, 2.24) is 24.3 Å². The van der Waals surface area contributed by atoms with Crippen LogP contribution >= 0.6 is 0 Å². The molecule has 2 aromatic heterocycles. The summed E-state index contributed by atoms with van der Waals surface area (Å²) in [5.41, 5.74) is 4.92. The number of rotatable bonds is 7. The van der Waals surface area contributed by atoms with E-state index in [0.717, 1.165) is 38.2 Å². The normalized spacial score (nSPS) is 19.8. The minimum atomic E-state index is -4.88. The Morgan fingerprint density at radius 3 is 2.54 bits per heavy atom. The second-order valence-corrected chi connectivity index (χ2v) is 12.7. The van der Waals surface area contributed by atoms with Crippen molar-refractivity contribution in [1.29, 1.82) is 0 Å². The summed E-state index contributed by atoms with van der Waals surface area (Å²) in [4.78, 5) is 27.1. The highest BCUT2D eigenvalue weighted by Crippen LogP contribution is 2.43. The van der Waals surface area contributed by atoms with Gasteiger partial charge in [0.25, 0.3) is 0 Å². The van der Waals surface area contributed by atoms with Gasteiger partial charge in [0, 0.05) is 50.5 Å². The molecule has 3 aromatic rings. The van der Waals surface area contributed by atoms with Crippen LogP contribution in [-0.4, -0.2) is 83.3 Å². The monoisotopic (exact) mass is 647 g/mol. The first-order valence-corrected chi connectivity index (χ1v) is 15.9. The number of likely N-dealkylation sites (tertiary alicyclic amines) is 2. The summed E-state index contributed by atoms with van der Waals surface area (Å²) in [5, 5.41) is 3.79. The predicted molar refractivity (Wildman–Crippen MR) is 165 cm³/mol. The van der Waals surface area contributed by atoms with Gasteiger partial charge in [0.05, 0.1) is 35.9 Å². The standard InChI is InChI=1S/C32H41F4N7O3/c1-19(23-16-22(37)17-25(27(23)33)32(34,35)36)38-28-24-18-26-31(46-15-13-43(26)29(24)40-20(2)39-28)6-10-42(11-7-31)30(44)21-4-8-41(9-5-21)12-14-45-3/h16-19,21H,4-15,37H2,1-3H3,(H,38,39,40)/t19-/m1/s1. The number of halogens is 4. The average molecular weight is 648 g/mol. The van der Waals surface area contributed by atoms with Crippen LogP contribution < -0.4 is 11.1 Å². The van der Waals surface area contributed by atoms with Crippen LogP contribution in [0.1, 0.15) is 61.3 Å². The van der Waals surface area contributed by atoms with Crippen LogP contribution in [0.3, 0.4) is 0 Å². The maximum absolute atomic E-state index is 15.1. The number of nitrogens with two attached hydrogens (primary N) is 1. The fourth-order valence-electron chi connectivity index (χ4n) is 7.20. The quantitative estimate of drug-likeness (QED) is 0.277. The summed E-state index contributed by atoms with van der Waals surface area (Å²) in [7, 11) is 1.70. The predicted octanol–water partition coefficient (Wildman–Crippen LogP) is 4.86. The molecule has 0 bridgehead atoms. The summed E-state index contributed by atoms with van der Waals surface area (Å²) < 4.78 is 69.4. The Morgan fingerprint density at radius 1 is 1.15 bits per heavy atom. The van der Waals surface area contributed by atoms with Gasteiger partial charge in [0.15, 0.2) is 0 Å². The molecule has 6 rings (SSSR count). The molecule has 1 amide bonds. The summed E-state index contributed by atoms with van der Waals surface area (Å²) in [6.07, 6.45) is -1.94. The van der Waals surface area contributed by atoms with E-state index < -0.39 is 29.2 Å². The van der Waals surface area contributed by atoms with Gasteiger partial charge in [-0.25, -0.2) is 14.4 Å². The largest absolute Gasteiger partial charge is 0.419 e. The number of fused-ring (bicyclic) bond motifs is 4. The molecule has 3 aliphatic rings. The van der Waals surface area contributed by atoms with E-state index in [9.17, 15) is 18.0 Å². The van der Waals surface area contributed by atoms with Crippen molar-refractivity contribution < 1.29 is 31.8 Å². The van der Waals surface area contributed by atoms with Gasteiger partial charge in [-0.2, -0.15) is 13.2 Å². The molecule has 0 saturated carbocycles. The fourth-order valence-corrected chi connectivity index (χ4v) is 7.20. The van der Waals surface area contributed by atoms with Crippen LogP contribution in [0.15, 0.2) is 18.2 Å². The van der Waals surface area contributed by atoms with Crippen LogP contribution in [0.4, 0.5) is 29.1 Å². The third kappa shape index (κ3) is 6.14. The van der Waals surface area contributed by atoms with Gasteiger partial charge in [-0.15, -0.1) is 0 Å². The van der Waals surface area contributed by atoms with E-state index in [2.05, 4.69) is 19.8 Å². The Bertz CT molecular complexity index is 1590. The maximum Gasteiger partial charge on any atom is 0.419 e. The zero-order chi connectivity index (χ0) is 32.8. The van der Waals surface area contributed by atoms with Crippen LogP contribution in [-0.2, 0) is 32.6 Å². The number of aryl methyl sites for hydroxylation is 1. The van der Waals surface area contributed by atoms with E-state index >= 15 is 4.39 Å². The van der Waals surface area contributed by atoms with Crippen LogP contribution in [0.5, 0.6) is 0 Å². The number of benzene rings is 1. The number of aromatic nitrogens is 3. The lowest BCUT2D eigenvalue weighted by molar-refractivity contribution is -0.148. The van der Waals surface area contributed by atoms with Gasteiger partial charge < -0.3 is 34.9 Å². The first-order chi connectivity index (χ1) is 21.9. The number of alkyl halides is 3. The summed E-state index contributed by atoms with van der Waals surface area (Å²) in [6, 6.07) is 2.89. The lowest BCUT2D eigenvalue weighted by atomic mass is 9.85. The lowest BCUT2D eigenvalue weighted by Gasteiger charge is -2.45. The van der Waals surface area contributed by atoms with Crippen molar-refractivity contribution in [2.75, 3.05) is 64.1 Å². The number of nitrogen functional groups attached to an aromatic ring is 1. The number of methoxy groups -OCH3 is 1. The number of carbonyl (C=O) groups excluding carboxylic acids is 1. The molecule has 0 radical (unpaired) electrons. The van der Waals surface area contributed by atoms with E-state index in [-0.39, 0.29) is 23.1 Å². The number of anilines is 2. The van der Waals surface area contributed by atoms with Crippen LogP contribution in [0.2, 0.25) is 0 Å². The second-order valence-electron chi connectivity index (χ2n) is 12.7. The van der Waals surface area contributed by atoms with E-state index in [4.69, 9.17) is 20.2 Å². The molecular weight excluding hydrogens is 606 g/mol. The van der Waals surface area contributed by atoms with Gasteiger partial charge in [0.1, 0.15) is 28.7 Å². The van der Waals surface area contributed by atoms with Crippen molar-refractivity contribution in [3.63, 3.8) is 0 Å². The van der Waals surface area contributed by atoms with Crippen molar-refractivity contribution in [3.05, 3.63) is 46.7 Å². The number of ether oxygens (including phenoxy) is 2. The molecule has 10 nitrogen and oxygen atoms in total. The Balaban J connectivity index is 1.22. The number of hydrogen-bond acceptors (Lipinski definition) is 8. The number of hydrogen-bond donors (Lipinski definition) is 2.